The van der Waals surface area contributed by atoms with E-state index in [0.29, 0.717) is 27.2 Å². The Hall–Kier alpha value is -2.41. The van der Waals surface area contributed by atoms with Crippen molar-refractivity contribution in [3.8, 4) is 22.7 Å². The maximum absolute atomic E-state index is 6.05. The molecule has 25 heavy (non-hydrogen) atoms. The minimum Gasteiger partial charge on any atom is -0.354 e. The molecule has 8 heteroatoms. The number of hydrogen-bond acceptors (Lipinski definition) is 6. The molecule has 4 rings (SSSR count). The number of nitrogens with one attached hydrogen (secondary N) is 1. The van der Waals surface area contributed by atoms with Crippen molar-refractivity contribution < 1.29 is 4.52 Å². The summed E-state index contributed by atoms with van der Waals surface area (Å²) in [6.07, 6.45) is 3.45. The molecule has 1 N–H and O–H groups in total. The Morgan fingerprint density at radius 1 is 1.04 bits per heavy atom. The summed E-state index contributed by atoms with van der Waals surface area (Å²) in [5.41, 5.74) is 3.07. The molecular formula is C17H10Cl2N4OS. The quantitative estimate of drug-likeness (QED) is 0.470. The SMILES string of the molecule is Clc1ccc(-c2cc(-c3csc(Nc4cccnc4)n3)on2)cc1Cl. The van der Waals surface area contributed by atoms with Crippen molar-refractivity contribution in [2.75, 3.05) is 5.32 Å². The summed E-state index contributed by atoms with van der Waals surface area (Å²) < 4.78 is 5.42. The number of thiazole rings is 1. The Morgan fingerprint density at radius 2 is 1.96 bits per heavy atom. The van der Waals surface area contributed by atoms with Crippen LogP contribution < -0.4 is 5.32 Å². The minimum atomic E-state index is 0.473. The molecule has 0 fully saturated rings. The maximum Gasteiger partial charge on any atom is 0.187 e. The van der Waals surface area contributed by atoms with Crippen molar-refractivity contribution >= 4 is 45.4 Å². The molecule has 0 bridgehead atoms. The molecule has 5 nitrogen and oxygen atoms in total. The second-order valence-electron chi connectivity index (χ2n) is 5.11. The largest absolute Gasteiger partial charge is 0.354 e. The van der Waals surface area contributed by atoms with Crippen LogP contribution in [0.25, 0.3) is 22.7 Å². The van der Waals surface area contributed by atoms with E-state index in [1.165, 1.54) is 11.3 Å². The number of halogens is 2. The van der Waals surface area contributed by atoms with E-state index in [4.69, 9.17) is 27.7 Å². The summed E-state index contributed by atoms with van der Waals surface area (Å²) >= 11 is 13.5. The van der Waals surface area contributed by atoms with Crippen molar-refractivity contribution in [3.05, 3.63) is 64.2 Å². The van der Waals surface area contributed by atoms with E-state index in [1.54, 1.807) is 24.5 Å². The molecular weight excluding hydrogens is 379 g/mol. The van der Waals surface area contributed by atoms with Crippen molar-refractivity contribution in [2.24, 2.45) is 0 Å². The summed E-state index contributed by atoms with van der Waals surface area (Å²) in [7, 11) is 0. The van der Waals surface area contributed by atoms with Crippen LogP contribution in [0, 0.1) is 0 Å². The smallest absolute Gasteiger partial charge is 0.187 e. The lowest BCUT2D eigenvalue weighted by Crippen LogP contribution is -1.89. The Kier molecular flexibility index (Phi) is 4.40. The van der Waals surface area contributed by atoms with Gasteiger partial charge in [0.2, 0.25) is 0 Å². The first-order valence-electron chi connectivity index (χ1n) is 7.24. The molecule has 0 aliphatic carbocycles. The summed E-state index contributed by atoms with van der Waals surface area (Å²) in [6.45, 7) is 0. The maximum atomic E-state index is 6.05. The van der Waals surface area contributed by atoms with Gasteiger partial charge in [0.05, 0.1) is 21.9 Å². The van der Waals surface area contributed by atoms with Gasteiger partial charge in [0.25, 0.3) is 0 Å². The normalized spacial score (nSPS) is 10.8. The number of pyridine rings is 1. The van der Waals surface area contributed by atoms with Gasteiger partial charge in [-0.25, -0.2) is 4.98 Å². The fraction of sp³-hybridized carbons (Fsp3) is 0. The van der Waals surface area contributed by atoms with Crippen LogP contribution in [0.1, 0.15) is 0 Å². The van der Waals surface area contributed by atoms with Crippen LogP contribution in [-0.2, 0) is 0 Å². The zero-order chi connectivity index (χ0) is 17.2. The van der Waals surface area contributed by atoms with Gasteiger partial charge in [-0.3, -0.25) is 4.98 Å². The van der Waals surface area contributed by atoms with Crippen molar-refractivity contribution in [1.29, 1.82) is 0 Å². The molecule has 0 unspecified atom stereocenters. The van der Waals surface area contributed by atoms with E-state index < -0.39 is 0 Å². The molecule has 0 amide bonds. The predicted octanol–water partition coefficient (Wildman–Crippen LogP) is 5.91. The fourth-order valence-electron chi connectivity index (χ4n) is 2.19. The molecule has 0 atom stereocenters. The number of aromatic nitrogens is 3. The van der Waals surface area contributed by atoms with Gasteiger partial charge in [-0.2, -0.15) is 0 Å². The second kappa shape index (κ2) is 6.84. The van der Waals surface area contributed by atoms with Crippen LogP contribution in [0.3, 0.4) is 0 Å². The Bertz CT molecular complexity index is 1020. The first kappa shape index (κ1) is 16.1. The van der Waals surface area contributed by atoms with Crippen molar-refractivity contribution in [2.45, 2.75) is 0 Å². The lowest BCUT2D eigenvalue weighted by molar-refractivity contribution is 0.434. The first-order valence-corrected chi connectivity index (χ1v) is 8.88. The average molecular weight is 389 g/mol. The van der Waals surface area contributed by atoms with Crippen LogP contribution in [-0.4, -0.2) is 15.1 Å². The monoisotopic (exact) mass is 388 g/mol. The van der Waals surface area contributed by atoms with Gasteiger partial charge < -0.3 is 9.84 Å². The third kappa shape index (κ3) is 3.51. The minimum absolute atomic E-state index is 0.473. The van der Waals surface area contributed by atoms with Gasteiger partial charge >= 0.3 is 0 Å². The molecule has 1 aromatic carbocycles. The van der Waals surface area contributed by atoms with Gasteiger partial charge in [0.15, 0.2) is 10.9 Å². The van der Waals surface area contributed by atoms with Crippen LogP contribution in [0.5, 0.6) is 0 Å². The lowest BCUT2D eigenvalue weighted by atomic mass is 10.1. The predicted molar refractivity (Wildman–Crippen MR) is 101 cm³/mol. The topological polar surface area (TPSA) is 63.8 Å². The van der Waals surface area contributed by atoms with Gasteiger partial charge in [0.1, 0.15) is 11.4 Å². The number of benzene rings is 1. The summed E-state index contributed by atoms with van der Waals surface area (Å²) in [5, 5.41) is 10.9. The molecule has 3 aromatic heterocycles. The standard InChI is InChI=1S/C17H10Cl2N4OS/c18-12-4-3-10(6-13(12)19)14-7-16(24-23-14)15-9-25-17(22-15)21-11-2-1-5-20-8-11/h1-9H,(H,21,22). The molecule has 0 spiro atoms. The van der Waals surface area contributed by atoms with E-state index in [0.717, 1.165) is 16.4 Å². The zero-order valence-electron chi connectivity index (χ0n) is 12.6. The van der Waals surface area contributed by atoms with E-state index in [1.807, 2.05) is 29.6 Å². The highest BCUT2D eigenvalue weighted by atomic mass is 35.5. The lowest BCUT2D eigenvalue weighted by Gasteiger charge is -1.99. The third-order valence-corrected chi connectivity index (χ3v) is 4.89. The van der Waals surface area contributed by atoms with Gasteiger partial charge in [-0.05, 0) is 24.3 Å². The molecule has 4 aromatic rings. The van der Waals surface area contributed by atoms with Crippen molar-refractivity contribution in [3.63, 3.8) is 0 Å². The van der Waals surface area contributed by atoms with Gasteiger partial charge in [0, 0.05) is 23.2 Å². The molecule has 0 saturated heterocycles. The second-order valence-corrected chi connectivity index (χ2v) is 6.78. The molecule has 0 radical (unpaired) electrons. The average Bonchev–Trinajstić information content (AvgIpc) is 3.27. The van der Waals surface area contributed by atoms with Crippen LogP contribution in [0.4, 0.5) is 10.8 Å². The van der Waals surface area contributed by atoms with Crippen molar-refractivity contribution in [1.82, 2.24) is 15.1 Å². The highest BCUT2D eigenvalue weighted by Gasteiger charge is 2.13. The van der Waals surface area contributed by atoms with Gasteiger partial charge in [-0.15, -0.1) is 11.3 Å². The van der Waals surface area contributed by atoms with E-state index in [-0.39, 0.29) is 0 Å². The Labute approximate surface area is 157 Å². The number of rotatable bonds is 4. The molecule has 0 aliphatic rings. The van der Waals surface area contributed by atoms with E-state index >= 15 is 0 Å². The molecule has 3 heterocycles. The highest BCUT2D eigenvalue weighted by molar-refractivity contribution is 7.14. The van der Waals surface area contributed by atoms with E-state index in [9.17, 15) is 0 Å². The first-order chi connectivity index (χ1) is 12.2. The molecule has 124 valence electrons. The molecule has 0 aliphatic heterocycles. The van der Waals surface area contributed by atoms with Crippen LogP contribution in [0.15, 0.2) is 58.7 Å². The Morgan fingerprint density at radius 3 is 2.76 bits per heavy atom. The third-order valence-electron chi connectivity index (χ3n) is 3.39. The number of hydrogen-bond donors (Lipinski definition) is 1. The van der Waals surface area contributed by atoms with Crippen LogP contribution >= 0.6 is 34.5 Å². The summed E-state index contributed by atoms with van der Waals surface area (Å²) in [4.78, 5) is 8.57. The number of nitrogens with zero attached hydrogens (tertiary/aromatic N) is 3. The molecule has 0 saturated carbocycles. The zero-order valence-corrected chi connectivity index (χ0v) is 14.9. The fourth-order valence-corrected chi connectivity index (χ4v) is 3.21. The number of anilines is 2. The highest BCUT2D eigenvalue weighted by Crippen LogP contribution is 2.32. The summed E-state index contributed by atoms with van der Waals surface area (Å²) in [5.74, 6) is 0.580. The van der Waals surface area contributed by atoms with Crippen LogP contribution in [0.2, 0.25) is 10.0 Å². The summed E-state index contributed by atoms with van der Waals surface area (Å²) in [6, 6.07) is 10.9. The van der Waals surface area contributed by atoms with Gasteiger partial charge in [-0.1, -0.05) is 34.4 Å². The van der Waals surface area contributed by atoms with E-state index in [2.05, 4.69) is 20.4 Å². The Balaban J connectivity index is 1.57.